The first-order valence-corrected chi connectivity index (χ1v) is 10.2. The summed E-state index contributed by atoms with van der Waals surface area (Å²) >= 11 is 3.58. The molecule has 6 nitrogen and oxygen atoms in total. The van der Waals surface area contributed by atoms with E-state index in [0.29, 0.717) is 23.6 Å². The van der Waals surface area contributed by atoms with E-state index in [1.54, 1.807) is 18.3 Å². The summed E-state index contributed by atoms with van der Waals surface area (Å²) in [6.07, 6.45) is 1.23. The Kier molecular flexibility index (Phi) is 4.37. The molecule has 2 aliphatic rings. The molecule has 2 saturated heterocycles. The molecule has 2 fully saturated rings. The van der Waals surface area contributed by atoms with Crippen molar-refractivity contribution in [2.75, 3.05) is 18.8 Å². The second-order valence-electron chi connectivity index (χ2n) is 6.85. The van der Waals surface area contributed by atoms with Crippen molar-refractivity contribution in [3.8, 4) is 0 Å². The van der Waals surface area contributed by atoms with Gasteiger partial charge in [0.15, 0.2) is 0 Å². The van der Waals surface area contributed by atoms with Crippen LogP contribution in [0.15, 0.2) is 9.90 Å². The topological polar surface area (TPSA) is 68.5 Å². The van der Waals surface area contributed by atoms with E-state index in [0.717, 1.165) is 36.0 Å². The van der Waals surface area contributed by atoms with Gasteiger partial charge in [0.1, 0.15) is 11.3 Å². The summed E-state index contributed by atoms with van der Waals surface area (Å²) in [5.74, 6) is 1.61. The second-order valence-corrected chi connectivity index (χ2v) is 9.40. The standard InChI is InChI=1S/C17H21N3O3S2/c1-10-15(11(2)23-19-10)16(21)20-8-17(9-20)4-14(7-25-17)22-5-13-6-24-12(3)18-13/h6,14H,4-5,7-9H2,1-3H3. The Balaban J connectivity index is 1.30. The van der Waals surface area contributed by atoms with E-state index >= 15 is 0 Å². The molecule has 0 aromatic carbocycles. The van der Waals surface area contributed by atoms with Crippen molar-refractivity contribution < 1.29 is 14.1 Å². The summed E-state index contributed by atoms with van der Waals surface area (Å²) in [5.41, 5.74) is 2.30. The van der Waals surface area contributed by atoms with Crippen LogP contribution in [0.2, 0.25) is 0 Å². The lowest BCUT2D eigenvalue weighted by Gasteiger charge is -2.47. The third-order valence-electron chi connectivity index (χ3n) is 4.80. The summed E-state index contributed by atoms with van der Waals surface area (Å²) in [4.78, 5) is 19.0. The van der Waals surface area contributed by atoms with E-state index in [9.17, 15) is 4.79 Å². The average Bonchev–Trinajstić information content (AvgIpc) is 3.23. The van der Waals surface area contributed by atoms with Crippen LogP contribution < -0.4 is 0 Å². The zero-order valence-electron chi connectivity index (χ0n) is 14.6. The SMILES string of the molecule is Cc1nc(COC2CSC3(C2)CN(C(=O)c2c(C)noc2C)C3)cs1. The van der Waals surface area contributed by atoms with Gasteiger partial charge >= 0.3 is 0 Å². The first-order chi connectivity index (χ1) is 12.0. The minimum Gasteiger partial charge on any atom is -0.371 e. The maximum Gasteiger partial charge on any atom is 0.259 e. The second kappa shape index (κ2) is 6.41. The number of carbonyl (C=O) groups is 1. The van der Waals surface area contributed by atoms with E-state index in [1.807, 2.05) is 30.5 Å². The normalized spacial score (nSPS) is 21.7. The Morgan fingerprint density at radius 2 is 2.24 bits per heavy atom. The number of rotatable bonds is 4. The van der Waals surface area contributed by atoms with Crippen LogP contribution >= 0.6 is 23.1 Å². The zero-order valence-corrected chi connectivity index (χ0v) is 16.2. The van der Waals surface area contributed by atoms with Crippen molar-refractivity contribution in [2.45, 2.75) is 44.6 Å². The predicted octanol–water partition coefficient (Wildman–Crippen LogP) is 2.97. The molecule has 8 heteroatoms. The van der Waals surface area contributed by atoms with Gasteiger partial charge in [0, 0.05) is 24.2 Å². The minimum atomic E-state index is 0.0322. The highest BCUT2D eigenvalue weighted by Crippen LogP contribution is 2.46. The number of hydrogen-bond acceptors (Lipinski definition) is 7. The summed E-state index contributed by atoms with van der Waals surface area (Å²) in [7, 11) is 0. The van der Waals surface area contributed by atoms with E-state index in [4.69, 9.17) is 9.26 Å². The molecule has 1 atom stereocenters. The molecule has 0 aliphatic carbocycles. The van der Waals surface area contributed by atoms with Gasteiger partial charge in [-0.1, -0.05) is 5.16 Å². The molecule has 0 radical (unpaired) electrons. The summed E-state index contributed by atoms with van der Waals surface area (Å²) < 4.78 is 11.3. The number of thioether (sulfide) groups is 1. The molecular formula is C17H21N3O3S2. The van der Waals surface area contributed by atoms with Gasteiger partial charge in [-0.3, -0.25) is 4.79 Å². The van der Waals surface area contributed by atoms with Gasteiger partial charge in [-0.2, -0.15) is 0 Å². The van der Waals surface area contributed by atoms with Crippen LogP contribution in [0.3, 0.4) is 0 Å². The van der Waals surface area contributed by atoms with E-state index in [2.05, 4.69) is 15.5 Å². The van der Waals surface area contributed by atoms with Crippen molar-refractivity contribution >= 4 is 29.0 Å². The predicted molar refractivity (Wildman–Crippen MR) is 97.1 cm³/mol. The minimum absolute atomic E-state index is 0.0322. The van der Waals surface area contributed by atoms with Crippen molar-refractivity contribution in [3.05, 3.63) is 33.1 Å². The number of nitrogens with zero attached hydrogens (tertiary/aromatic N) is 3. The molecule has 1 unspecified atom stereocenters. The molecule has 2 aromatic rings. The van der Waals surface area contributed by atoms with Crippen molar-refractivity contribution in [1.82, 2.24) is 15.0 Å². The molecule has 2 aromatic heterocycles. The smallest absolute Gasteiger partial charge is 0.259 e. The van der Waals surface area contributed by atoms with E-state index in [1.165, 1.54) is 0 Å². The monoisotopic (exact) mass is 379 g/mol. The molecular weight excluding hydrogens is 358 g/mol. The maximum atomic E-state index is 12.6. The Bertz CT molecular complexity index is 775. The van der Waals surface area contributed by atoms with Gasteiger partial charge < -0.3 is 14.2 Å². The fraction of sp³-hybridized carbons (Fsp3) is 0.588. The van der Waals surface area contributed by atoms with Crippen LogP contribution in [-0.4, -0.2) is 50.6 Å². The molecule has 1 spiro atoms. The molecule has 25 heavy (non-hydrogen) atoms. The number of likely N-dealkylation sites (tertiary alicyclic amines) is 1. The third-order valence-corrected chi connectivity index (χ3v) is 7.20. The molecule has 1 amide bonds. The van der Waals surface area contributed by atoms with Crippen LogP contribution in [0, 0.1) is 20.8 Å². The molecule has 0 N–H and O–H groups in total. The van der Waals surface area contributed by atoms with Gasteiger partial charge in [0.2, 0.25) is 0 Å². The first-order valence-electron chi connectivity index (χ1n) is 8.34. The average molecular weight is 380 g/mol. The molecule has 2 aliphatic heterocycles. The van der Waals surface area contributed by atoms with Crippen LogP contribution in [0.5, 0.6) is 0 Å². The highest BCUT2D eigenvalue weighted by molar-refractivity contribution is 8.01. The van der Waals surface area contributed by atoms with Gasteiger partial charge in [-0.05, 0) is 27.2 Å². The molecule has 134 valence electrons. The lowest BCUT2D eigenvalue weighted by Crippen LogP contribution is -2.60. The Hall–Kier alpha value is -1.38. The van der Waals surface area contributed by atoms with Crippen molar-refractivity contribution in [2.24, 2.45) is 0 Å². The largest absolute Gasteiger partial charge is 0.371 e. The highest BCUT2D eigenvalue weighted by Gasteiger charge is 2.51. The van der Waals surface area contributed by atoms with Crippen LogP contribution in [0.25, 0.3) is 0 Å². The summed E-state index contributed by atoms with van der Waals surface area (Å²) in [6.45, 7) is 7.73. The van der Waals surface area contributed by atoms with Crippen LogP contribution in [-0.2, 0) is 11.3 Å². The number of aryl methyl sites for hydroxylation is 3. The molecule has 4 rings (SSSR count). The molecule has 0 bridgehead atoms. The quantitative estimate of drug-likeness (QED) is 0.813. The molecule has 0 saturated carbocycles. The molecule has 4 heterocycles. The zero-order chi connectivity index (χ0) is 17.6. The first kappa shape index (κ1) is 17.1. The Morgan fingerprint density at radius 1 is 1.44 bits per heavy atom. The van der Waals surface area contributed by atoms with Gasteiger partial charge in [0.25, 0.3) is 5.91 Å². The number of hydrogen-bond donors (Lipinski definition) is 0. The van der Waals surface area contributed by atoms with Gasteiger partial charge in [-0.25, -0.2) is 4.98 Å². The van der Waals surface area contributed by atoms with Crippen molar-refractivity contribution in [3.63, 3.8) is 0 Å². The Labute approximate surface area is 154 Å². The number of ether oxygens (including phenoxy) is 1. The van der Waals surface area contributed by atoms with Crippen LogP contribution in [0.4, 0.5) is 0 Å². The van der Waals surface area contributed by atoms with Gasteiger partial charge in [-0.15, -0.1) is 23.1 Å². The maximum absolute atomic E-state index is 12.6. The van der Waals surface area contributed by atoms with E-state index < -0.39 is 0 Å². The van der Waals surface area contributed by atoms with Gasteiger partial charge in [0.05, 0.1) is 33.9 Å². The highest BCUT2D eigenvalue weighted by atomic mass is 32.2. The summed E-state index contributed by atoms with van der Waals surface area (Å²) in [5, 5.41) is 7.01. The lowest BCUT2D eigenvalue weighted by atomic mass is 9.92. The van der Waals surface area contributed by atoms with Crippen LogP contribution in [0.1, 0.15) is 38.9 Å². The van der Waals surface area contributed by atoms with Crippen molar-refractivity contribution in [1.29, 1.82) is 0 Å². The number of amides is 1. The number of carbonyl (C=O) groups excluding carboxylic acids is 1. The third kappa shape index (κ3) is 3.22. The lowest BCUT2D eigenvalue weighted by molar-refractivity contribution is 0.0245. The number of thiazole rings is 1. The fourth-order valence-corrected chi connectivity index (χ4v) is 5.70. The van der Waals surface area contributed by atoms with E-state index in [-0.39, 0.29) is 16.8 Å². The number of aromatic nitrogens is 2. The summed E-state index contributed by atoms with van der Waals surface area (Å²) in [6, 6.07) is 0. The fourth-order valence-electron chi connectivity index (χ4n) is 3.55. The Morgan fingerprint density at radius 3 is 2.88 bits per heavy atom.